The van der Waals surface area contributed by atoms with Gasteiger partial charge in [-0.2, -0.15) is 0 Å². The molecule has 2 aromatic rings. The highest BCUT2D eigenvalue weighted by Crippen LogP contribution is 2.26. The number of rotatable bonds is 7. The fourth-order valence-corrected chi connectivity index (χ4v) is 3.09. The van der Waals surface area contributed by atoms with Gasteiger partial charge < -0.3 is 9.84 Å². The normalized spacial score (nSPS) is 13.0. The summed E-state index contributed by atoms with van der Waals surface area (Å²) in [5, 5.41) is 13.5. The molecule has 1 atom stereocenters. The monoisotopic (exact) mass is 264 g/mol. The molecule has 0 saturated heterocycles. The lowest BCUT2D eigenvalue weighted by atomic mass is 10.0. The van der Waals surface area contributed by atoms with E-state index in [1.165, 1.54) is 15.6 Å². The van der Waals surface area contributed by atoms with Crippen LogP contribution >= 0.6 is 11.3 Å². The molecule has 0 spiro atoms. The van der Waals surface area contributed by atoms with E-state index in [0.29, 0.717) is 0 Å². The molecule has 98 valence electrons. The van der Waals surface area contributed by atoms with E-state index in [4.69, 9.17) is 4.74 Å². The molecule has 1 aromatic carbocycles. The topological polar surface area (TPSA) is 29.5 Å². The lowest BCUT2D eigenvalue weighted by molar-refractivity contribution is 0.114. The summed E-state index contributed by atoms with van der Waals surface area (Å²) in [7, 11) is 0. The first kappa shape index (κ1) is 13.5. The summed E-state index contributed by atoms with van der Waals surface area (Å²) in [6.45, 7) is 3.50. The Morgan fingerprint density at radius 1 is 1.33 bits per heavy atom. The third-order valence-corrected chi connectivity index (χ3v) is 4.06. The van der Waals surface area contributed by atoms with Crippen LogP contribution in [0.25, 0.3) is 10.1 Å². The fraction of sp³-hybridized carbons (Fsp3) is 0.467. The highest BCUT2D eigenvalue weighted by molar-refractivity contribution is 7.17. The number of aliphatic hydroxyl groups is 1. The van der Waals surface area contributed by atoms with E-state index in [2.05, 4.69) is 29.6 Å². The molecule has 1 N–H and O–H groups in total. The van der Waals surface area contributed by atoms with Crippen LogP contribution in [0, 0.1) is 0 Å². The van der Waals surface area contributed by atoms with E-state index < -0.39 is 0 Å². The van der Waals surface area contributed by atoms with E-state index >= 15 is 0 Å². The first-order valence-corrected chi connectivity index (χ1v) is 7.40. The Morgan fingerprint density at radius 3 is 3.00 bits per heavy atom. The van der Waals surface area contributed by atoms with Crippen LogP contribution in [0.2, 0.25) is 0 Å². The molecule has 1 heterocycles. The number of ether oxygens (including phenoxy) is 1. The van der Waals surface area contributed by atoms with E-state index in [9.17, 15) is 5.11 Å². The maximum atomic E-state index is 10.0. The van der Waals surface area contributed by atoms with Crippen LogP contribution in [-0.4, -0.2) is 24.4 Å². The van der Waals surface area contributed by atoms with E-state index in [-0.39, 0.29) is 6.10 Å². The van der Waals surface area contributed by atoms with Crippen molar-refractivity contribution in [3.8, 4) is 0 Å². The van der Waals surface area contributed by atoms with Gasteiger partial charge in [0, 0.05) is 17.9 Å². The van der Waals surface area contributed by atoms with Gasteiger partial charge in [-0.1, -0.05) is 18.2 Å². The first-order valence-electron chi connectivity index (χ1n) is 6.52. The molecule has 0 saturated carbocycles. The van der Waals surface area contributed by atoms with Crippen molar-refractivity contribution in [2.24, 2.45) is 0 Å². The second-order valence-electron chi connectivity index (χ2n) is 4.45. The molecule has 3 heteroatoms. The Balaban J connectivity index is 1.88. The summed E-state index contributed by atoms with van der Waals surface area (Å²) >= 11 is 1.75. The van der Waals surface area contributed by atoms with Gasteiger partial charge in [0.1, 0.15) is 0 Å². The minimum absolute atomic E-state index is 0.261. The Hall–Kier alpha value is -0.900. The van der Waals surface area contributed by atoms with E-state index in [1.54, 1.807) is 11.3 Å². The van der Waals surface area contributed by atoms with Gasteiger partial charge in [0.2, 0.25) is 0 Å². The second kappa shape index (κ2) is 6.88. The summed E-state index contributed by atoms with van der Waals surface area (Å²) in [5.41, 5.74) is 1.26. The van der Waals surface area contributed by atoms with Gasteiger partial charge in [-0.05, 0) is 48.6 Å². The number of fused-ring (bicyclic) bond motifs is 1. The van der Waals surface area contributed by atoms with Crippen LogP contribution in [0.1, 0.15) is 25.3 Å². The van der Waals surface area contributed by atoms with Crippen molar-refractivity contribution in [1.29, 1.82) is 0 Å². The van der Waals surface area contributed by atoms with Crippen LogP contribution in [0.5, 0.6) is 0 Å². The van der Waals surface area contributed by atoms with Crippen LogP contribution in [0.3, 0.4) is 0 Å². The molecular formula is C15H20O2S. The number of thiophene rings is 1. The average molecular weight is 264 g/mol. The zero-order valence-electron chi connectivity index (χ0n) is 10.8. The Bertz CT molecular complexity index is 478. The smallest absolute Gasteiger partial charge is 0.0581 e. The Labute approximate surface area is 112 Å². The van der Waals surface area contributed by atoms with Crippen molar-refractivity contribution in [3.63, 3.8) is 0 Å². The molecule has 0 amide bonds. The lowest BCUT2D eigenvalue weighted by Gasteiger charge is -2.09. The zero-order valence-corrected chi connectivity index (χ0v) is 11.6. The standard InChI is InChI=1S/C15H20O2S/c1-2-17-9-5-6-13(16)10-12-11-18-15-8-4-3-7-14(12)15/h3-4,7-8,11,13,16H,2,5-6,9-10H2,1H3. The SMILES string of the molecule is CCOCCCC(O)Cc1csc2ccccc12. The van der Waals surface area contributed by atoms with Gasteiger partial charge in [0.25, 0.3) is 0 Å². The number of hydrogen-bond donors (Lipinski definition) is 1. The van der Waals surface area contributed by atoms with Crippen LogP contribution in [-0.2, 0) is 11.2 Å². The maximum absolute atomic E-state index is 10.0. The molecule has 2 rings (SSSR count). The number of benzene rings is 1. The fourth-order valence-electron chi connectivity index (χ4n) is 2.11. The Kier molecular flexibility index (Phi) is 5.17. The predicted octanol–water partition coefficient (Wildman–Crippen LogP) is 3.62. The molecule has 18 heavy (non-hydrogen) atoms. The summed E-state index contributed by atoms with van der Waals surface area (Å²) in [4.78, 5) is 0. The molecular weight excluding hydrogens is 244 g/mol. The number of hydrogen-bond acceptors (Lipinski definition) is 3. The van der Waals surface area contributed by atoms with Gasteiger partial charge in [-0.3, -0.25) is 0 Å². The Morgan fingerprint density at radius 2 is 2.17 bits per heavy atom. The third-order valence-electron chi connectivity index (χ3n) is 3.05. The predicted molar refractivity (Wildman–Crippen MR) is 77.3 cm³/mol. The van der Waals surface area contributed by atoms with Crippen LogP contribution in [0.15, 0.2) is 29.6 Å². The lowest BCUT2D eigenvalue weighted by Crippen LogP contribution is -2.11. The second-order valence-corrected chi connectivity index (χ2v) is 5.37. The van der Waals surface area contributed by atoms with Gasteiger partial charge in [-0.15, -0.1) is 11.3 Å². The quantitative estimate of drug-likeness (QED) is 0.774. The molecule has 0 fully saturated rings. The zero-order chi connectivity index (χ0) is 12.8. The van der Waals surface area contributed by atoms with Crippen LogP contribution < -0.4 is 0 Å². The van der Waals surface area contributed by atoms with Gasteiger partial charge >= 0.3 is 0 Å². The van der Waals surface area contributed by atoms with Crippen molar-refractivity contribution < 1.29 is 9.84 Å². The van der Waals surface area contributed by atoms with Gasteiger partial charge in [0.15, 0.2) is 0 Å². The van der Waals surface area contributed by atoms with Crippen molar-refractivity contribution in [2.75, 3.05) is 13.2 Å². The highest BCUT2D eigenvalue weighted by atomic mass is 32.1. The molecule has 0 aliphatic carbocycles. The summed E-state index contributed by atoms with van der Waals surface area (Å²) in [6, 6.07) is 8.38. The minimum Gasteiger partial charge on any atom is -0.393 e. The van der Waals surface area contributed by atoms with Crippen molar-refractivity contribution in [3.05, 3.63) is 35.2 Å². The largest absolute Gasteiger partial charge is 0.393 e. The minimum atomic E-state index is -0.261. The molecule has 1 aromatic heterocycles. The average Bonchev–Trinajstić information content (AvgIpc) is 2.78. The van der Waals surface area contributed by atoms with Gasteiger partial charge in [-0.25, -0.2) is 0 Å². The van der Waals surface area contributed by atoms with Crippen molar-refractivity contribution in [2.45, 2.75) is 32.3 Å². The molecule has 0 bridgehead atoms. The van der Waals surface area contributed by atoms with Crippen molar-refractivity contribution in [1.82, 2.24) is 0 Å². The van der Waals surface area contributed by atoms with Crippen LogP contribution in [0.4, 0.5) is 0 Å². The summed E-state index contributed by atoms with van der Waals surface area (Å²) < 4.78 is 6.58. The number of aliphatic hydroxyl groups excluding tert-OH is 1. The highest BCUT2D eigenvalue weighted by Gasteiger charge is 2.09. The molecule has 0 radical (unpaired) electrons. The van der Waals surface area contributed by atoms with Crippen molar-refractivity contribution >= 4 is 21.4 Å². The molecule has 1 unspecified atom stereocenters. The third kappa shape index (κ3) is 3.55. The molecule has 0 aliphatic heterocycles. The van der Waals surface area contributed by atoms with E-state index in [0.717, 1.165) is 32.5 Å². The first-order chi connectivity index (χ1) is 8.81. The van der Waals surface area contributed by atoms with E-state index in [1.807, 2.05) is 6.92 Å². The summed E-state index contributed by atoms with van der Waals surface area (Å²) in [6.07, 6.45) is 2.22. The van der Waals surface area contributed by atoms with Gasteiger partial charge in [0.05, 0.1) is 6.10 Å². The maximum Gasteiger partial charge on any atom is 0.0581 e. The molecule has 2 nitrogen and oxygen atoms in total. The molecule has 0 aliphatic rings. The summed E-state index contributed by atoms with van der Waals surface area (Å²) in [5.74, 6) is 0.